The van der Waals surface area contributed by atoms with Crippen LogP contribution in [0, 0.1) is 0 Å². The van der Waals surface area contributed by atoms with Crippen LogP contribution in [0.4, 0.5) is 0 Å². The lowest BCUT2D eigenvalue weighted by Crippen LogP contribution is -2.41. The van der Waals surface area contributed by atoms with E-state index in [0.29, 0.717) is 29.9 Å². The summed E-state index contributed by atoms with van der Waals surface area (Å²) < 4.78 is 16.2. The van der Waals surface area contributed by atoms with Crippen LogP contribution in [0.1, 0.15) is 31.2 Å². The number of pyridine rings is 1. The summed E-state index contributed by atoms with van der Waals surface area (Å²) in [5, 5.41) is 4.07. The van der Waals surface area contributed by atoms with Gasteiger partial charge in [0.05, 0.1) is 7.11 Å². The summed E-state index contributed by atoms with van der Waals surface area (Å²) in [5.74, 6) is 1.96. The second-order valence-corrected chi connectivity index (χ2v) is 6.75. The van der Waals surface area contributed by atoms with Gasteiger partial charge in [-0.1, -0.05) is 23.4 Å². The number of likely N-dealkylation sites (tertiary alicyclic amines) is 1. The molecule has 3 aromatic rings. The number of rotatable bonds is 6. The third kappa shape index (κ3) is 4.37. The smallest absolute Gasteiger partial charge is 0.261 e. The van der Waals surface area contributed by atoms with Gasteiger partial charge in [0.15, 0.2) is 6.61 Å². The number of nitrogens with zero attached hydrogens (tertiary/aromatic N) is 4. The van der Waals surface area contributed by atoms with Crippen molar-refractivity contribution in [2.24, 2.45) is 0 Å². The second-order valence-electron chi connectivity index (χ2n) is 6.75. The zero-order valence-corrected chi connectivity index (χ0v) is 16.2. The number of aromatic nitrogens is 3. The van der Waals surface area contributed by atoms with E-state index < -0.39 is 0 Å². The Morgan fingerprint density at radius 1 is 1.21 bits per heavy atom. The van der Waals surface area contributed by atoms with Crippen molar-refractivity contribution in [1.82, 2.24) is 20.0 Å². The summed E-state index contributed by atoms with van der Waals surface area (Å²) in [6.07, 6.45) is 4.34. The zero-order chi connectivity index (χ0) is 20.1. The normalized spacial score (nSPS) is 16.4. The molecule has 4 rings (SSSR count). The maximum atomic E-state index is 12.8. The highest BCUT2D eigenvalue weighted by Gasteiger charge is 2.32. The van der Waals surface area contributed by atoms with E-state index in [4.69, 9.17) is 14.0 Å². The first kappa shape index (κ1) is 18.9. The quantitative estimate of drug-likeness (QED) is 0.634. The van der Waals surface area contributed by atoms with Crippen LogP contribution >= 0.6 is 0 Å². The fourth-order valence-corrected chi connectivity index (χ4v) is 3.35. The second kappa shape index (κ2) is 8.72. The molecule has 0 spiro atoms. The van der Waals surface area contributed by atoms with Gasteiger partial charge in [-0.15, -0.1) is 0 Å². The molecule has 150 valence electrons. The van der Waals surface area contributed by atoms with E-state index in [1.54, 1.807) is 24.3 Å². The predicted molar refractivity (Wildman–Crippen MR) is 104 cm³/mol. The first-order chi connectivity index (χ1) is 14.2. The average molecular weight is 394 g/mol. The van der Waals surface area contributed by atoms with Crippen LogP contribution in [0.25, 0.3) is 11.4 Å². The highest BCUT2D eigenvalue weighted by molar-refractivity contribution is 5.78. The average Bonchev–Trinajstić information content (AvgIpc) is 3.28. The first-order valence-electron chi connectivity index (χ1n) is 9.56. The molecule has 0 aliphatic carbocycles. The molecule has 0 unspecified atom stereocenters. The van der Waals surface area contributed by atoms with Crippen molar-refractivity contribution in [3.05, 3.63) is 54.6 Å². The van der Waals surface area contributed by atoms with Crippen molar-refractivity contribution in [2.45, 2.75) is 25.3 Å². The third-order valence-electron chi connectivity index (χ3n) is 4.86. The van der Waals surface area contributed by atoms with Gasteiger partial charge in [0.25, 0.3) is 5.91 Å². The molecule has 2 aromatic heterocycles. The molecular formula is C21H22N4O4. The van der Waals surface area contributed by atoms with Gasteiger partial charge >= 0.3 is 0 Å². The van der Waals surface area contributed by atoms with E-state index in [2.05, 4.69) is 15.1 Å². The molecule has 29 heavy (non-hydrogen) atoms. The maximum Gasteiger partial charge on any atom is 0.261 e. The van der Waals surface area contributed by atoms with Gasteiger partial charge < -0.3 is 18.9 Å². The predicted octanol–water partition coefficient (Wildman–Crippen LogP) is 3.27. The van der Waals surface area contributed by atoms with Gasteiger partial charge in [-0.3, -0.25) is 4.79 Å². The third-order valence-corrected chi connectivity index (χ3v) is 4.86. The standard InChI is InChI=1S/C21H22N4O4/c1-27-18-11-10-15(13-22-18)20-23-21(29-24-20)17-9-5-6-12-25(17)19(26)14-28-16-7-3-2-4-8-16/h2-4,7-8,10-11,13,17H,5-6,9,12,14H2,1H3/t17-/m1/s1. The highest BCUT2D eigenvalue weighted by Crippen LogP contribution is 2.31. The summed E-state index contributed by atoms with van der Waals surface area (Å²) in [4.78, 5) is 23.2. The van der Waals surface area contributed by atoms with Gasteiger partial charge in [-0.2, -0.15) is 4.98 Å². The lowest BCUT2D eigenvalue weighted by Gasteiger charge is -2.33. The number of hydrogen-bond acceptors (Lipinski definition) is 7. The molecule has 1 aromatic carbocycles. The molecule has 1 aliphatic rings. The van der Waals surface area contributed by atoms with Crippen LogP contribution in [0.2, 0.25) is 0 Å². The lowest BCUT2D eigenvalue weighted by molar-refractivity contribution is -0.138. The number of carbonyl (C=O) groups excluding carboxylic acids is 1. The highest BCUT2D eigenvalue weighted by atomic mass is 16.5. The monoisotopic (exact) mass is 394 g/mol. The van der Waals surface area contributed by atoms with E-state index in [1.165, 1.54) is 0 Å². The van der Waals surface area contributed by atoms with Crippen LogP contribution in [0.3, 0.4) is 0 Å². The van der Waals surface area contributed by atoms with Crippen molar-refractivity contribution >= 4 is 5.91 Å². The molecule has 3 heterocycles. The van der Waals surface area contributed by atoms with Crippen LogP contribution in [0.5, 0.6) is 11.6 Å². The van der Waals surface area contributed by atoms with Crippen LogP contribution in [0.15, 0.2) is 53.2 Å². The van der Waals surface area contributed by atoms with Gasteiger partial charge in [0, 0.05) is 24.4 Å². The number of benzene rings is 1. The lowest BCUT2D eigenvalue weighted by atomic mass is 10.0. The van der Waals surface area contributed by atoms with Gasteiger partial charge in [0.2, 0.25) is 17.6 Å². The number of methoxy groups -OCH3 is 1. The molecule has 1 atom stereocenters. The first-order valence-corrected chi connectivity index (χ1v) is 9.56. The number of ether oxygens (including phenoxy) is 2. The fourth-order valence-electron chi connectivity index (χ4n) is 3.35. The molecular weight excluding hydrogens is 372 g/mol. The van der Waals surface area contributed by atoms with E-state index in [-0.39, 0.29) is 18.6 Å². The number of hydrogen-bond donors (Lipinski definition) is 0. The Hall–Kier alpha value is -3.42. The Labute approximate surface area is 168 Å². The molecule has 1 fully saturated rings. The van der Waals surface area contributed by atoms with Crippen molar-refractivity contribution < 1.29 is 18.8 Å². The van der Waals surface area contributed by atoms with Crippen LogP contribution < -0.4 is 9.47 Å². The summed E-state index contributed by atoms with van der Waals surface area (Å²) in [6.45, 7) is 0.618. The summed E-state index contributed by atoms with van der Waals surface area (Å²) >= 11 is 0. The summed E-state index contributed by atoms with van der Waals surface area (Å²) in [7, 11) is 1.56. The zero-order valence-electron chi connectivity index (χ0n) is 16.2. The Morgan fingerprint density at radius 2 is 2.07 bits per heavy atom. The van der Waals surface area contributed by atoms with Gasteiger partial charge in [-0.05, 0) is 37.5 Å². The van der Waals surface area contributed by atoms with Crippen LogP contribution in [-0.2, 0) is 4.79 Å². The van der Waals surface area contributed by atoms with Gasteiger partial charge in [0.1, 0.15) is 11.8 Å². The van der Waals surface area contributed by atoms with Crippen molar-refractivity contribution in [2.75, 3.05) is 20.3 Å². The van der Waals surface area contributed by atoms with E-state index >= 15 is 0 Å². The summed E-state index contributed by atoms with van der Waals surface area (Å²) in [6, 6.07) is 12.6. The Bertz CT molecular complexity index is 943. The van der Waals surface area contributed by atoms with E-state index in [9.17, 15) is 4.79 Å². The maximum absolute atomic E-state index is 12.8. The number of carbonyl (C=O) groups is 1. The fraction of sp³-hybridized carbons (Fsp3) is 0.333. The minimum atomic E-state index is -0.247. The number of para-hydroxylation sites is 1. The molecule has 1 saturated heterocycles. The Morgan fingerprint density at radius 3 is 2.83 bits per heavy atom. The molecule has 0 radical (unpaired) electrons. The van der Waals surface area contributed by atoms with E-state index in [1.807, 2.05) is 36.4 Å². The molecule has 1 aliphatic heterocycles. The van der Waals surface area contributed by atoms with Crippen molar-refractivity contribution in [3.8, 4) is 23.0 Å². The molecule has 8 nitrogen and oxygen atoms in total. The minimum absolute atomic E-state index is 0.0239. The molecule has 0 N–H and O–H groups in total. The minimum Gasteiger partial charge on any atom is -0.484 e. The van der Waals surface area contributed by atoms with Crippen molar-refractivity contribution in [3.63, 3.8) is 0 Å². The van der Waals surface area contributed by atoms with Crippen molar-refractivity contribution in [1.29, 1.82) is 0 Å². The SMILES string of the molecule is COc1ccc(-c2noc([C@H]3CCCCN3C(=O)COc3ccccc3)n2)cn1. The largest absolute Gasteiger partial charge is 0.484 e. The topological polar surface area (TPSA) is 90.6 Å². The number of piperidine rings is 1. The molecule has 0 bridgehead atoms. The van der Waals surface area contributed by atoms with Crippen LogP contribution in [-0.4, -0.2) is 46.2 Å². The Kier molecular flexibility index (Phi) is 5.69. The summed E-state index contributed by atoms with van der Waals surface area (Å²) in [5.41, 5.74) is 0.724. The molecule has 1 amide bonds. The molecule has 8 heteroatoms. The Balaban J connectivity index is 1.47. The van der Waals surface area contributed by atoms with Gasteiger partial charge in [-0.25, -0.2) is 4.98 Å². The number of amides is 1. The van der Waals surface area contributed by atoms with E-state index in [0.717, 1.165) is 24.8 Å². The molecule has 0 saturated carbocycles.